The van der Waals surface area contributed by atoms with Gasteiger partial charge in [0, 0.05) is 5.92 Å². The molecule has 1 heterocycles. The molecule has 2 rings (SSSR count). The van der Waals surface area contributed by atoms with E-state index in [4.69, 9.17) is 5.73 Å². The third-order valence-corrected chi connectivity index (χ3v) is 2.85. The molecular weight excluding hydrogens is 190 g/mol. The van der Waals surface area contributed by atoms with Gasteiger partial charge >= 0.3 is 0 Å². The fourth-order valence-corrected chi connectivity index (χ4v) is 1.54. The number of nitrogens with one attached hydrogen (secondary N) is 1. The second-order valence-electron chi connectivity index (χ2n) is 4.23. The first kappa shape index (κ1) is 9.96. The number of anilines is 2. The first-order chi connectivity index (χ1) is 7.08. The van der Waals surface area contributed by atoms with Crippen LogP contribution >= 0.6 is 0 Å². The van der Waals surface area contributed by atoms with Gasteiger partial charge in [-0.1, -0.05) is 6.92 Å². The lowest BCUT2D eigenvalue weighted by Crippen LogP contribution is -2.15. The Kier molecular flexibility index (Phi) is 2.34. The Balaban J connectivity index is 2.04. The Bertz CT molecular complexity index is 403. The van der Waals surface area contributed by atoms with Crippen molar-refractivity contribution in [3.05, 3.63) is 17.8 Å². The van der Waals surface area contributed by atoms with Crippen LogP contribution in [0.2, 0.25) is 0 Å². The monoisotopic (exact) mass is 205 g/mol. The van der Waals surface area contributed by atoms with Crippen LogP contribution in [-0.4, -0.2) is 10.9 Å². The maximum atomic E-state index is 11.6. The molecule has 1 aliphatic carbocycles. The number of aryl methyl sites for hydroxylation is 1. The molecule has 1 fully saturated rings. The standard InChI is InChI=1S/C11H15N3O/c1-6-3-8(6)11(15)14-10-4-7(2)9(12)5-13-10/h4-6,8H,3,12H2,1-2H3,(H,13,14,15). The van der Waals surface area contributed by atoms with Gasteiger partial charge in [0.15, 0.2) is 0 Å². The van der Waals surface area contributed by atoms with Crippen LogP contribution in [-0.2, 0) is 4.79 Å². The van der Waals surface area contributed by atoms with Crippen molar-refractivity contribution in [1.29, 1.82) is 0 Å². The summed E-state index contributed by atoms with van der Waals surface area (Å²) in [6.07, 6.45) is 2.56. The second-order valence-corrected chi connectivity index (χ2v) is 4.23. The van der Waals surface area contributed by atoms with Crippen molar-refractivity contribution in [2.45, 2.75) is 20.3 Å². The summed E-state index contributed by atoms with van der Waals surface area (Å²) in [6.45, 7) is 3.97. The Morgan fingerprint density at radius 1 is 1.67 bits per heavy atom. The van der Waals surface area contributed by atoms with Crippen LogP contribution in [0.4, 0.5) is 11.5 Å². The molecule has 1 saturated carbocycles. The van der Waals surface area contributed by atoms with Gasteiger partial charge in [-0.25, -0.2) is 4.98 Å². The van der Waals surface area contributed by atoms with Crippen molar-refractivity contribution in [2.75, 3.05) is 11.1 Å². The molecule has 0 aromatic carbocycles. The number of rotatable bonds is 2. The number of amides is 1. The molecule has 4 heteroatoms. The molecule has 2 unspecified atom stereocenters. The lowest BCUT2D eigenvalue weighted by molar-refractivity contribution is -0.117. The molecule has 0 bridgehead atoms. The average molecular weight is 205 g/mol. The molecular formula is C11H15N3O. The minimum Gasteiger partial charge on any atom is -0.397 e. The van der Waals surface area contributed by atoms with Gasteiger partial charge in [0.1, 0.15) is 5.82 Å². The maximum absolute atomic E-state index is 11.6. The number of hydrogen-bond donors (Lipinski definition) is 2. The van der Waals surface area contributed by atoms with Crippen molar-refractivity contribution >= 4 is 17.4 Å². The summed E-state index contributed by atoms with van der Waals surface area (Å²) in [6, 6.07) is 1.79. The predicted molar refractivity (Wildman–Crippen MR) is 59.3 cm³/mol. The van der Waals surface area contributed by atoms with Crippen molar-refractivity contribution in [1.82, 2.24) is 4.98 Å². The third kappa shape index (κ3) is 2.09. The molecule has 1 aromatic heterocycles. The summed E-state index contributed by atoms with van der Waals surface area (Å²) in [5.41, 5.74) is 7.22. The number of nitrogen functional groups attached to an aromatic ring is 1. The molecule has 0 aliphatic heterocycles. The second kappa shape index (κ2) is 3.53. The SMILES string of the molecule is Cc1cc(NC(=O)C2CC2C)ncc1N. The van der Waals surface area contributed by atoms with Gasteiger partial charge in [0.2, 0.25) is 5.91 Å². The number of aromatic nitrogens is 1. The molecule has 0 saturated heterocycles. The number of carbonyl (C=O) groups excluding carboxylic acids is 1. The fraction of sp³-hybridized carbons (Fsp3) is 0.455. The summed E-state index contributed by atoms with van der Waals surface area (Å²) in [5, 5.41) is 2.80. The molecule has 1 aliphatic rings. The van der Waals surface area contributed by atoms with Crippen LogP contribution in [0.25, 0.3) is 0 Å². The Morgan fingerprint density at radius 2 is 2.33 bits per heavy atom. The van der Waals surface area contributed by atoms with E-state index in [9.17, 15) is 4.79 Å². The molecule has 3 N–H and O–H groups in total. The van der Waals surface area contributed by atoms with E-state index in [-0.39, 0.29) is 11.8 Å². The van der Waals surface area contributed by atoms with Gasteiger partial charge in [0.05, 0.1) is 11.9 Å². The molecule has 1 aromatic rings. The van der Waals surface area contributed by atoms with E-state index < -0.39 is 0 Å². The lowest BCUT2D eigenvalue weighted by atomic mass is 10.2. The Labute approximate surface area is 88.9 Å². The zero-order chi connectivity index (χ0) is 11.0. The lowest BCUT2D eigenvalue weighted by Gasteiger charge is -2.05. The smallest absolute Gasteiger partial charge is 0.228 e. The highest BCUT2D eigenvalue weighted by Crippen LogP contribution is 2.38. The van der Waals surface area contributed by atoms with Crippen molar-refractivity contribution < 1.29 is 4.79 Å². The first-order valence-corrected chi connectivity index (χ1v) is 5.11. The van der Waals surface area contributed by atoms with Crippen LogP contribution < -0.4 is 11.1 Å². The van der Waals surface area contributed by atoms with Gasteiger partial charge in [-0.15, -0.1) is 0 Å². The zero-order valence-corrected chi connectivity index (χ0v) is 8.95. The zero-order valence-electron chi connectivity index (χ0n) is 8.95. The van der Waals surface area contributed by atoms with E-state index in [1.807, 2.05) is 6.92 Å². The van der Waals surface area contributed by atoms with Crippen molar-refractivity contribution in [3.63, 3.8) is 0 Å². The van der Waals surface area contributed by atoms with E-state index in [0.29, 0.717) is 17.4 Å². The highest BCUT2D eigenvalue weighted by molar-refractivity contribution is 5.93. The minimum atomic E-state index is 0.0687. The number of hydrogen-bond acceptors (Lipinski definition) is 3. The van der Waals surface area contributed by atoms with Crippen LogP contribution in [0.15, 0.2) is 12.3 Å². The van der Waals surface area contributed by atoms with Crippen LogP contribution in [0, 0.1) is 18.8 Å². The number of nitrogens with two attached hydrogens (primary N) is 1. The van der Waals surface area contributed by atoms with Crippen LogP contribution in [0.1, 0.15) is 18.9 Å². The predicted octanol–water partition coefficient (Wildman–Crippen LogP) is 1.57. The van der Waals surface area contributed by atoms with E-state index in [0.717, 1.165) is 12.0 Å². The highest BCUT2D eigenvalue weighted by Gasteiger charge is 2.39. The van der Waals surface area contributed by atoms with Crippen LogP contribution in [0.3, 0.4) is 0 Å². The molecule has 0 radical (unpaired) electrons. The summed E-state index contributed by atoms with van der Waals surface area (Å²) >= 11 is 0. The number of carbonyl (C=O) groups is 1. The molecule has 4 nitrogen and oxygen atoms in total. The number of pyridine rings is 1. The summed E-state index contributed by atoms with van der Waals surface area (Å²) in [5.74, 6) is 1.34. The van der Waals surface area contributed by atoms with Gasteiger partial charge in [-0.05, 0) is 30.9 Å². The topological polar surface area (TPSA) is 68.0 Å². The van der Waals surface area contributed by atoms with Crippen molar-refractivity contribution in [2.24, 2.45) is 11.8 Å². The van der Waals surface area contributed by atoms with E-state index in [2.05, 4.69) is 17.2 Å². The quantitative estimate of drug-likeness (QED) is 0.770. The summed E-state index contributed by atoms with van der Waals surface area (Å²) in [7, 11) is 0. The van der Waals surface area contributed by atoms with E-state index >= 15 is 0 Å². The Morgan fingerprint density at radius 3 is 2.87 bits per heavy atom. The molecule has 1 amide bonds. The van der Waals surface area contributed by atoms with E-state index in [1.54, 1.807) is 12.3 Å². The van der Waals surface area contributed by atoms with Crippen LogP contribution in [0.5, 0.6) is 0 Å². The van der Waals surface area contributed by atoms with Crippen molar-refractivity contribution in [3.8, 4) is 0 Å². The van der Waals surface area contributed by atoms with Gasteiger partial charge in [-0.2, -0.15) is 0 Å². The Hall–Kier alpha value is -1.58. The molecule has 80 valence electrons. The van der Waals surface area contributed by atoms with E-state index in [1.165, 1.54) is 0 Å². The molecule has 2 atom stereocenters. The highest BCUT2D eigenvalue weighted by atomic mass is 16.2. The average Bonchev–Trinajstić information content (AvgIpc) is 2.89. The fourth-order valence-electron chi connectivity index (χ4n) is 1.54. The number of nitrogens with zero attached hydrogens (tertiary/aromatic N) is 1. The molecule has 15 heavy (non-hydrogen) atoms. The van der Waals surface area contributed by atoms with Gasteiger partial charge < -0.3 is 11.1 Å². The normalized spacial score (nSPS) is 23.6. The largest absolute Gasteiger partial charge is 0.397 e. The van der Waals surface area contributed by atoms with Gasteiger partial charge in [-0.3, -0.25) is 4.79 Å². The third-order valence-electron chi connectivity index (χ3n) is 2.85. The van der Waals surface area contributed by atoms with Gasteiger partial charge in [0.25, 0.3) is 0 Å². The molecule has 0 spiro atoms. The minimum absolute atomic E-state index is 0.0687. The maximum Gasteiger partial charge on any atom is 0.228 e. The summed E-state index contributed by atoms with van der Waals surface area (Å²) < 4.78 is 0. The summed E-state index contributed by atoms with van der Waals surface area (Å²) in [4.78, 5) is 15.7. The first-order valence-electron chi connectivity index (χ1n) is 5.11.